The maximum Gasteiger partial charge on any atom is 2.00 e. The molecule has 0 unspecified atom stereocenters. The number of aromatic nitrogens is 4. The predicted octanol–water partition coefficient (Wildman–Crippen LogP) is -1.90. The maximum atomic E-state index is 12.0. The van der Waals surface area contributed by atoms with Gasteiger partial charge in [0.15, 0.2) is 0 Å². The van der Waals surface area contributed by atoms with E-state index in [9.17, 15) is 39.6 Å². The van der Waals surface area contributed by atoms with Crippen molar-refractivity contribution in [1.82, 2.24) is 19.9 Å². The normalized spacial score (nSPS) is 11.4. The summed E-state index contributed by atoms with van der Waals surface area (Å²) >= 11 is 0. The van der Waals surface area contributed by atoms with Gasteiger partial charge in [0.25, 0.3) is 0 Å². The number of aromatic amines is 2. The third-order valence-electron chi connectivity index (χ3n) is 5.57. The number of fused-ring (bicyclic) bond motifs is 8. The molecule has 38 heavy (non-hydrogen) atoms. The van der Waals surface area contributed by atoms with Gasteiger partial charge in [0.1, 0.15) is 0 Å². The molecule has 194 valence electrons. The molecule has 12 nitrogen and oxygen atoms in total. The van der Waals surface area contributed by atoms with Gasteiger partial charge in [-0.2, -0.15) is 0 Å². The molecule has 2 aliphatic rings. The number of aromatic carboxylic acids is 4. The van der Waals surface area contributed by atoms with E-state index in [4.69, 9.17) is 0 Å². The fraction of sp³-hybridized carbons (Fsp3) is 0. The largest absolute Gasteiger partial charge is 2.00 e. The predicted molar refractivity (Wildman–Crippen MR) is 116 cm³/mol. The van der Waals surface area contributed by atoms with Crippen LogP contribution in [-0.4, -0.2) is 43.8 Å². The number of rotatable bonds is 4. The summed E-state index contributed by atoms with van der Waals surface area (Å²) in [6.07, 6.45) is 4.94. The molecule has 3 aromatic rings. The number of hydrogen-bond donors (Lipinski definition) is 2. The zero-order valence-corrected chi connectivity index (χ0v) is 20.4. The van der Waals surface area contributed by atoms with Crippen LogP contribution in [0, 0.1) is 0 Å². The molecule has 0 saturated carbocycles. The molecule has 8 bridgehead atoms. The van der Waals surface area contributed by atoms with Crippen LogP contribution in [-0.2, 0) is 33.0 Å². The van der Waals surface area contributed by atoms with Crippen molar-refractivity contribution in [3.05, 3.63) is 69.3 Å². The van der Waals surface area contributed by atoms with Crippen molar-refractivity contribution in [3.8, 4) is 0 Å². The third kappa shape index (κ3) is 4.63. The molecule has 0 fully saturated rings. The van der Waals surface area contributed by atoms with E-state index >= 15 is 0 Å². The van der Waals surface area contributed by atoms with E-state index in [1.807, 2.05) is 0 Å². The number of carboxylic acid groups (broad SMARTS) is 4. The number of H-pyrrole nitrogens is 2. The summed E-state index contributed by atoms with van der Waals surface area (Å²) in [5, 5.41) is 47.9. The van der Waals surface area contributed by atoms with Crippen LogP contribution in [0.1, 0.15) is 64.2 Å². The summed E-state index contributed by atoms with van der Waals surface area (Å²) in [5.41, 5.74) is -2.95. The Morgan fingerprint density at radius 2 is 0.684 bits per heavy atom. The number of nitrogens with one attached hydrogen (secondary N) is 2. The van der Waals surface area contributed by atoms with E-state index in [0.29, 0.717) is 0 Å². The summed E-state index contributed by atoms with van der Waals surface area (Å²) in [6.45, 7) is 0. The van der Waals surface area contributed by atoms with Crippen molar-refractivity contribution in [2.45, 2.75) is 0 Å². The van der Waals surface area contributed by atoms with Gasteiger partial charge >= 0.3 is 33.0 Å². The maximum absolute atomic E-state index is 12.0. The molecule has 0 saturated heterocycles. The fourth-order valence-corrected chi connectivity index (χ4v) is 4.06. The van der Waals surface area contributed by atoms with E-state index in [2.05, 4.69) is 19.9 Å². The van der Waals surface area contributed by atoms with Crippen LogP contribution < -0.4 is 20.4 Å². The molecule has 0 atom stereocenters. The molecule has 0 spiro atoms. The second-order valence-corrected chi connectivity index (χ2v) is 7.65. The molecular weight excluding hydrogens is 590 g/mol. The summed E-state index contributed by atoms with van der Waals surface area (Å²) in [5.74, 6) is -6.65. The minimum Gasteiger partial charge on any atom is -0.545 e. The number of carboxylic acids is 4. The third-order valence-corrected chi connectivity index (χ3v) is 5.57. The molecule has 0 aliphatic carbocycles. The van der Waals surface area contributed by atoms with Gasteiger partial charge in [0.05, 0.1) is 46.7 Å². The van der Waals surface area contributed by atoms with Crippen LogP contribution in [0.2, 0.25) is 0 Å². The topological polar surface area (TPSA) is 218 Å². The van der Waals surface area contributed by atoms with E-state index < -0.39 is 46.1 Å². The number of carbonyl (C=O) groups is 4. The van der Waals surface area contributed by atoms with Crippen molar-refractivity contribution in [2.24, 2.45) is 0 Å². The Labute approximate surface area is 231 Å². The average molecular weight is 600 g/mol. The molecule has 0 amide bonds. The Morgan fingerprint density at radius 1 is 0.474 bits per heavy atom. The number of carbonyl (C=O) groups excluding carboxylic acids is 4. The zero-order chi connectivity index (χ0) is 25.7. The van der Waals surface area contributed by atoms with Crippen LogP contribution in [0.25, 0.3) is 46.4 Å². The number of nitrogens with zero attached hydrogens (tertiary/aromatic N) is 2. The van der Waals surface area contributed by atoms with Gasteiger partial charge in [0.2, 0.25) is 0 Å². The van der Waals surface area contributed by atoms with Gasteiger partial charge in [-0.15, -0.1) is 0 Å². The smallest absolute Gasteiger partial charge is 0.545 e. The van der Waals surface area contributed by atoms with Crippen molar-refractivity contribution in [3.63, 3.8) is 0 Å². The molecule has 5 heterocycles. The second kappa shape index (κ2) is 10.4. The summed E-state index contributed by atoms with van der Waals surface area (Å²) in [7, 11) is 0. The van der Waals surface area contributed by atoms with Crippen molar-refractivity contribution < 1.29 is 72.6 Å². The van der Waals surface area contributed by atoms with Gasteiger partial charge in [-0.05, 0) is 48.6 Å². The van der Waals surface area contributed by atoms with E-state index in [1.54, 1.807) is 0 Å². The first-order valence-electron chi connectivity index (χ1n) is 10.2. The van der Waals surface area contributed by atoms with Gasteiger partial charge in [0, 0.05) is 44.3 Å². The molecule has 3 aromatic heterocycles. The Morgan fingerprint density at radius 3 is 0.868 bits per heavy atom. The summed E-state index contributed by atoms with van der Waals surface area (Å²) < 4.78 is 0. The standard InChI is InChI=1S/C24H14N4O8.2Ni/c29-21(30)17-9-1-2-10(25-9)18(22(31)32)12-5-6-14(27-12)20(24(35)36)16-8-7-15(28-16)19(23(33)34)13-4-3-11(17)26-13;;/h1-8,25,28H,(H,29,30)(H,31,32)(H,33,34)(H,35,36);;/q;2*+2/p-4. The first kappa shape index (κ1) is 28.0. The van der Waals surface area contributed by atoms with E-state index in [-0.39, 0.29) is 77.8 Å². The van der Waals surface area contributed by atoms with Crippen molar-refractivity contribution in [2.75, 3.05) is 0 Å². The molecule has 2 aliphatic heterocycles. The minimum absolute atomic E-state index is 0. The number of hydrogen-bond acceptors (Lipinski definition) is 10. The van der Waals surface area contributed by atoms with E-state index in [0.717, 1.165) is 0 Å². The minimum atomic E-state index is -1.66. The van der Waals surface area contributed by atoms with Gasteiger partial charge < -0.3 is 49.6 Å². The Kier molecular flexibility index (Phi) is 7.71. The fourth-order valence-electron chi connectivity index (χ4n) is 4.06. The Balaban J connectivity index is 0.00000200. The molecule has 5 rings (SSSR count). The SMILES string of the molecule is O=C([O-])c1c2nc(c(C(=O)[O-])c3ccc([nH]3)c(C(=O)[O-])c3nc(c(C(=O)[O-])c4ccc1[nH]4)C=C3)C=C2.[Ni+2].[Ni+2]. The van der Waals surface area contributed by atoms with Crippen LogP contribution in [0.15, 0.2) is 24.3 Å². The van der Waals surface area contributed by atoms with Gasteiger partial charge in [-0.1, -0.05) is 0 Å². The first-order valence-corrected chi connectivity index (χ1v) is 10.2. The van der Waals surface area contributed by atoms with Crippen molar-refractivity contribution in [1.29, 1.82) is 0 Å². The molecular formula is C24H10N4Ni2O8. The molecule has 2 N–H and O–H groups in total. The van der Waals surface area contributed by atoms with Gasteiger partial charge in [-0.3, -0.25) is 0 Å². The molecule has 0 radical (unpaired) electrons. The Hall–Kier alpha value is -4.53. The first-order chi connectivity index (χ1) is 17.2. The van der Waals surface area contributed by atoms with Crippen LogP contribution in [0.4, 0.5) is 0 Å². The summed E-state index contributed by atoms with van der Waals surface area (Å²) in [4.78, 5) is 61.4. The van der Waals surface area contributed by atoms with E-state index in [1.165, 1.54) is 48.6 Å². The van der Waals surface area contributed by atoms with Crippen LogP contribution in [0.5, 0.6) is 0 Å². The Bertz CT molecular complexity index is 1520. The van der Waals surface area contributed by atoms with Gasteiger partial charge in [-0.25, -0.2) is 9.97 Å². The van der Waals surface area contributed by atoms with Crippen LogP contribution >= 0.6 is 0 Å². The average Bonchev–Trinajstić information content (AvgIpc) is 3.57. The van der Waals surface area contributed by atoms with Crippen LogP contribution in [0.3, 0.4) is 0 Å². The zero-order valence-electron chi connectivity index (χ0n) is 18.4. The quantitative estimate of drug-likeness (QED) is 0.219. The summed E-state index contributed by atoms with van der Waals surface area (Å²) in [6, 6.07) is 5.05. The monoisotopic (exact) mass is 598 g/mol. The molecule has 14 heteroatoms. The molecule has 0 aromatic carbocycles. The van der Waals surface area contributed by atoms with Crippen molar-refractivity contribution >= 4 is 70.2 Å². The second-order valence-electron chi connectivity index (χ2n) is 7.65.